The van der Waals surface area contributed by atoms with Crippen LogP contribution in [0.1, 0.15) is 20.0 Å². The van der Waals surface area contributed by atoms with Gasteiger partial charge in [-0.05, 0) is 0 Å². The van der Waals surface area contributed by atoms with Crippen molar-refractivity contribution in [2.24, 2.45) is 0 Å². The van der Waals surface area contributed by atoms with Crippen LogP contribution in [0.25, 0.3) is 0 Å². The van der Waals surface area contributed by atoms with E-state index in [0.29, 0.717) is 0 Å². The molecule has 0 aromatic heterocycles. The van der Waals surface area contributed by atoms with Crippen LogP contribution in [-0.2, 0) is 0 Å². The first-order valence-corrected chi connectivity index (χ1v) is 9.77. The smallest absolute Gasteiger partial charge is 1.00 e. The molecule has 0 aromatic carbocycles. The van der Waals surface area contributed by atoms with Gasteiger partial charge < -0.3 is 173 Å². The maximum Gasteiger partial charge on any atom is 2.00 e. The summed E-state index contributed by atoms with van der Waals surface area (Å²) in [5, 5.41) is 209. The quantitative estimate of drug-likeness (QED) is 0.155. The molecule has 0 radical (unpaired) electrons. The van der Waals surface area contributed by atoms with E-state index in [2.05, 4.69) is 0 Å². The van der Waals surface area contributed by atoms with Gasteiger partial charge in [0.05, 0.1) is 0 Å². The fraction of sp³-hybridized carbons (Fsp3) is 0. The summed E-state index contributed by atoms with van der Waals surface area (Å²) in [5.74, 6) is 0. The second kappa shape index (κ2) is 137. The van der Waals surface area contributed by atoms with Crippen LogP contribution in [0.15, 0.2) is 0 Å². The molecule has 0 unspecified atom stereocenters. The summed E-state index contributed by atoms with van der Waals surface area (Å²) in [7, 11) is 0. The van der Waals surface area contributed by atoms with Crippen molar-refractivity contribution in [2.45, 2.75) is 0 Å². The van der Waals surface area contributed by atoms with Crippen molar-refractivity contribution in [1.82, 2.24) is 0 Å². The van der Waals surface area contributed by atoms with Crippen molar-refractivity contribution in [3.8, 4) is 0 Å². The Kier molecular flexibility index (Phi) is 295. The molecule has 0 saturated heterocycles. The third-order valence-corrected chi connectivity index (χ3v) is 0. The summed E-state index contributed by atoms with van der Waals surface area (Å²) in [5.41, 5.74) is 0. The minimum atomic E-state index is -1.83. The van der Waals surface area contributed by atoms with Gasteiger partial charge in [0.2, 0.25) is 0 Å². The zero-order valence-corrected chi connectivity index (χ0v) is 47.4. The third kappa shape index (κ3) is 53800. The van der Waals surface area contributed by atoms with Gasteiger partial charge in [-0.15, -0.1) is 0 Å². The second-order valence-electron chi connectivity index (χ2n) is 4.24. The molecule has 0 aliphatic carbocycles. The van der Waals surface area contributed by atoms with Gasteiger partial charge in [0.25, 0.3) is 0 Å². The van der Waals surface area contributed by atoms with Gasteiger partial charge in [0.15, 0.2) is 0 Å². The normalized spacial score (nSPS) is 5.37. The Labute approximate surface area is 592 Å². The van der Waals surface area contributed by atoms with Crippen LogP contribution in [0.5, 0.6) is 0 Å². The first kappa shape index (κ1) is 144. The van der Waals surface area contributed by atoms with E-state index in [0.717, 1.165) is 0 Å². The van der Waals surface area contributed by atoms with Crippen molar-refractivity contribution in [1.29, 1.82) is 0 Å². The van der Waals surface area contributed by atoms with Crippen molar-refractivity contribution < 1.29 is 245 Å². The SMILES string of the molecule is O=C(O)O.O=C(O)O.O=C(O)O.O=C(O)O.O=C(O)O.O=C(O)O.O=C(O)O.O=C(O)O.O=C(O)O.O=C(O)O.O=C(O)O.O=C(O)O.O=C(O)O.O=C(O)O.O=C(O)O.[Ca+2].[Ca+2].[Ca+2].[Ca+2].[Ca+2].[Ca+2].[Ca+2].[H-].[H-].[H-].[H-].[H-].[H-].[H-].[H-].[H-].[H-].[H-].[H-].[H-].[H-]. The van der Waals surface area contributed by atoms with Crippen molar-refractivity contribution in [3.63, 3.8) is 0 Å². The maximum absolute atomic E-state index is 8.56. The fourth-order valence-corrected chi connectivity index (χ4v) is 0. The van der Waals surface area contributed by atoms with Crippen LogP contribution >= 0.6 is 0 Å². The van der Waals surface area contributed by atoms with Crippen LogP contribution in [0.2, 0.25) is 0 Å². The largest absolute Gasteiger partial charge is 2.00 e. The van der Waals surface area contributed by atoms with Crippen molar-refractivity contribution in [2.75, 3.05) is 0 Å². The molecule has 67 heavy (non-hydrogen) atoms. The van der Waals surface area contributed by atoms with E-state index in [1.807, 2.05) is 0 Å². The molecular weight excluding hydrogens is 1180 g/mol. The number of carboxylic acid groups (broad SMARTS) is 30. The average Bonchev–Trinajstić information content (AvgIpc) is 2.78. The molecule has 0 aliphatic heterocycles. The topological polar surface area (TPSA) is 863 Å². The van der Waals surface area contributed by atoms with Gasteiger partial charge in [-0.25, -0.2) is 71.9 Å². The molecule has 0 aromatic rings. The van der Waals surface area contributed by atoms with Gasteiger partial charge in [0.1, 0.15) is 0 Å². The predicted molar refractivity (Wildman–Crippen MR) is 216 cm³/mol. The summed E-state index contributed by atoms with van der Waals surface area (Å²) in [6.45, 7) is 0. The monoisotopic (exact) mass is 1220 g/mol. The molecule has 0 rings (SSSR count). The van der Waals surface area contributed by atoms with Crippen LogP contribution in [0.4, 0.5) is 71.9 Å². The van der Waals surface area contributed by atoms with Crippen LogP contribution in [-0.4, -0.2) is 510 Å². The summed E-state index contributed by atoms with van der Waals surface area (Å²) in [4.78, 5) is 128. The zero-order valence-electron chi connectivity index (χ0n) is 46.0. The number of rotatable bonds is 0. The Balaban J connectivity index is -0.00000000773. The fourth-order valence-electron chi connectivity index (χ4n) is 0. The number of hydrogen-bond acceptors (Lipinski definition) is 15. The molecule has 0 bridgehead atoms. The second-order valence-corrected chi connectivity index (χ2v) is 4.24. The average molecular weight is 1230 g/mol. The first-order valence-electron chi connectivity index (χ1n) is 9.77. The molecule has 388 valence electrons. The van der Waals surface area contributed by atoms with Gasteiger partial charge in [-0.3, -0.25) is 0 Å². The van der Waals surface area contributed by atoms with Crippen LogP contribution < -0.4 is 0 Å². The zero-order chi connectivity index (χ0) is 53.7. The molecule has 0 amide bonds. The molecule has 0 saturated carbocycles. The van der Waals surface area contributed by atoms with E-state index in [1.54, 1.807) is 0 Å². The van der Waals surface area contributed by atoms with Gasteiger partial charge in [-0.1, -0.05) is 0 Å². The molecular formula is C15H44Ca7O45. The molecule has 52 heteroatoms. The Hall–Kier alpha value is -2.13. The summed E-state index contributed by atoms with van der Waals surface area (Å²) in [6, 6.07) is 0. The Morgan fingerprint density at radius 1 is 0.119 bits per heavy atom. The Morgan fingerprint density at radius 3 is 0.119 bits per heavy atom. The van der Waals surface area contributed by atoms with E-state index in [-0.39, 0.29) is 284 Å². The van der Waals surface area contributed by atoms with E-state index in [1.165, 1.54) is 0 Å². The predicted octanol–water partition coefficient (Wildman–Crippen LogP) is 2.25. The molecule has 0 atom stereocenters. The van der Waals surface area contributed by atoms with Crippen LogP contribution in [0, 0.1) is 0 Å². The third-order valence-electron chi connectivity index (χ3n) is 0. The van der Waals surface area contributed by atoms with E-state index in [4.69, 9.17) is 225 Å². The van der Waals surface area contributed by atoms with Crippen LogP contribution in [0.3, 0.4) is 0 Å². The summed E-state index contributed by atoms with van der Waals surface area (Å²) in [6.07, 6.45) is -27.5. The van der Waals surface area contributed by atoms with Crippen molar-refractivity contribution >= 4 is 356 Å². The first-order chi connectivity index (χ1) is 26.0. The van der Waals surface area contributed by atoms with Gasteiger partial charge in [0, 0.05) is 0 Å². The van der Waals surface area contributed by atoms with Gasteiger partial charge in [-0.2, -0.15) is 0 Å². The van der Waals surface area contributed by atoms with Crippen molar-refractivity contribution in [3.05, 3.63) is 0 Å². The van der Waals surface area contributed by atoms with E-state index < -0.39 is 92.3 Å². The van der Waals surface area contributed by atoms with Gasteiger partial charge >= 0.3 is 356 Å². The minimum Gasteiger partial charge on any atom is -1.00 e. The molecule has 0 heterocycles. The molecule has 0 fully saturated rings. The Bertz CT molecular complexity index is 832. The molecule has 0 spiro atoms. The summed E-state index contributed by atoms with van der Waals surface area (Å²) >= 11 is 0. The number of carbonyl (C=O) groups is 15. The Morgan fingerprint density at radius 2 is 0.119 bits per heavy atom. The van der Waals surface area contributed by atoms with E-state index >= 15 is 0 Å². The summed E-state index contributed by atoms with van der Waals surface area (Å²) < 4.78 is 0. The number of hydrogen-bond donors (Lipinski definition) is 30. The van der Waals surface area contributed by atoms with E-state index in [9.17, 15) is 0 Å². The maximum atomic E-state index is 8.56. The molecule has 30 N–H and O–H groups in total. The molecule has 45 nitrogen and oxygen atoms in total. The molecule has 0 aliphatic rings. The standard InChI is InChI=1S/15CH2O3.7Ca.14H/c15*2-1(3)4;;;;;;;;;;;;;;;;;;;;;/h15*(H2,2,3,4);;;;;;;;;;;;;;;;;;;;;/q;;;;;;;;;;;;;;;7*+2;14*-1. The minimum absolute atomic E-state index is 0.